The molecule has 0 saturated carbocycles. The van der Waals surface area contributed by atoms with Gasteiger partial charge in [0.05, 0.1) is 7.11 Å². The van der Waals surface area contributed by atoms with Crippen LogP contribution >= 0.6 is 11.3 Å². The maximum Gasteiger partial charge on any atom is 0.165 e. The zero-order valence-electron chi connectivity index (χ0n) is 14.5. The number of thiophene rings is 1. The fraction of sp³-hybridized carbons (Fsp3) is 0.474. The van der Waals surface area contributed by atoms with E-state index in [1.807, 2.05) is 0 Å². The highest BCUT2D eigenvalue weighted by Crippen LogP contribution is 2.40. The number of ether oxygens (including phenoxy) is 2. The molecule has 24 heavy (non-hydrogen) atoms. The van der Waals surface area contributed by atoms with E-state index in [2.05, 4.69) is 43.0 Å². The van der Waals surface area contributed by atoms with Crippen LogP contribution < -0.4 is 9.47 Å². The number of fused-ring (bicyclic) bond motifs is 1. The SMILES string of the molecule is COc1cc(-c2ccc(C)s2)cc2c1OCCN(C[C@H](C)CO)C2. The van der Waals surface area contributed by atoms with Gasteiger partial charge in [-0.15, -0.1) is 11.3 Å². The van der Waals surface area contributed by atoms with E-state index in [0.717, 1.165) is 36.7 Å². The number of nitrogens with zero attached hydrogens (tertiary/aromatic N) is 1. The van der Waals surface area contributed by atoms with E-state index in [1.54, 1.807) is 18.4 Å². The molecule has 2 heterocycles. The van der Waals surface area contributed by atoms with Gasteiger partial charge in [0.15, 0.2) is 11.5 Å². The second kappa shape index (κ2) is 7.55. The van der Waals surface area contributed by atoms with Gasteiger partial charge in [-0.1, -0.05) is 6.92 Å². The molecule has 0 fully saturated rings. The molecule has 1 aromatic carbocycles. The molecule has 3 rings (SSSR count). The van der Waals surface area contributed by atoms with Gasteiger partial charge in [0.2, 0.25) is 0 Å². The maximum atomic E-state index is 9.33. The molecule has 1 aliphatic rings. The number of methoxy groups -OCH3 is 1. The standard InChI is InChI=1S/C19H25NO3S/c1-13(12-21)10-20-6-7-23-19-16(11-20)8-15(9-17(19)22-3)18-5-4-14(2)24-18/h4-5,8-9,13,21H,6-7,10-12H2,1-3H3/t13-/m0/s1. The summed E-state index contributed by atoms with van der Waals surface area (Å²) >= 11 is 1.79. The lowest BCUT2D eigenvalue weighted by molar-refractivity contribution is 0.159. The van der Waals surface area contributed by atoms with Crippen LogP contribution in [0.4, 0.5) is 0 Å². The van der Waals surface area contributed by atoms with Crippen LogP contribution in [-0.2, 0) is 6.54 Å². The molecule has 0 bridgehead atoms. The molecular formula is C19H25NO3S. The Labute approximate surface area is 147 Å². The predicted molar refractivity (Wildman–Crippen MR) is 98.1 cm³/mol. The van der Waals surface area contributed by atoms with E-state index in [9.17, 15) is 5.11 Å². The number of aryl methyl sites for hydroxylation is 1. The zero-order chi connectivity index (χ0) is 17.1. The summed E-state index contributed by atoms with van der Waals surface area (Å²) < 4.78 is 11.6. The van der Waals surface area contributed by atoms with Gasteiger partial charge in [-0.25, -0.2) is 0 Å². The molecule has 1 aromatic heterocycles. The molecule has 1 N–H and O–H groups in total. The number of aliphatic hydroxyl groups excluding tert-OH is 1. The topological polar surface area (TPSA) is 41.9 Å². The smallest absolute Gasteiger partial charge is 0.165 e. The Morgan fingerprint density at radius 1 is 1.38 bits per heavy atom. The summed E-state index contributed by atoms with van der Waals surface area (Å²) in [7, 11) is 1.69. The van der Waals surface area contributed by atoms with Gasteiger partial charge in [0.1, 0.15) is 6.61 Å². The van der Waals surface area contributed by atoms with Gasteiger partial charge in [0, 0.05) is 41.6 Å². The van der Waals surface area contributed by atoms with Gasteiger partial charge < -0.3 is 14.6 Å². The van der Waals surface area contributed by atoms with Gasteiger partial charge in [-0.2, -0.15) is 0 Å². The molecule has 0 radical (unpaired) electrons. The van der Waals surface area contributed by atoms with Crippen LogP contribution in [0, 0.1) is 12.8 Å². The van der Waals surface area contributed by atoms with E-state index in [4.69, 9.17) is 9.47 Å². The quantitative estimate of drug-likeness (QED) is 0.898. The number of aliphatic hydroxyl groups is 1. The lowest BCUT2D eigenvalue weighted by Gasteiger charge is -2.22. The Hall–Kier alpha value is -1.56. The molecule has 1 atom stereocenters. The second-order valence-corrected chi connectivity index (χ2v) is 7.74. The fourth-order valence-corrected chi connectivity index (χ4v) is 3.93. The Balaban J connectivity index is 1.95. The highest BCUT2D eigenvalue weighted by atomic mass is 32.1. The van der Waals surface area contributed by atoms with Crippen LogP contribution in [0.15, 0.2) is 24.3 Å². The van der Waals surface area contributed by atoms with Crippen molar-refractivity contribution in [1.29, 1.82) is 0 Å². The molecule has 4 nitrogen and oxygen atoms in total. The molecule has 1 aliphatic heterocycles. The fourth-order valence-electron chi connectivity index (χ4n) is 3.08. The number of rotatable bonds is 5. The Kier molecular flexibility index (Phi) is 5.43. The molecule has 0 amide bonds. The highest BCUT2D eigenvalue weighted by Gasteiger charge is 2.21. The minimum absolute atomic E-state index is 0.210. The van der Waals surface area contributed by atoms with Gasteiger partial charge in [0.25, 0.3) is 0 Å². The van der Waals surface area contributed by atoms with Crippen molar-refractivity contribution in [2.75, 3.05) is 33.4 Å². The summed E-state index contributed by atoms with van der Waals surface area (Å²) in [6, 6.07) is 8.58. The van der Waals surface area contributed by atoms with Crippen molar-refractivity contribution in [2.45, 2.75) is 20.4 Å². The lowest BCUT2D eigenvalue weighted by atomic mass is 10.1. The second-order valence-electron chi connectivity index (χ2n) is 6.45. The van der Waals surface area contributed by atoms with Crippen molar-refractivity contribution < 1.29 is 14.6 Å². The first-order chi connectivity index (χ1) is 11.6. The van der Waals surface area contributed by atoms with Crippen LogP contribution in [0.2, 0.25) is 0 Å². The average Bonchev–Trinajstić information content (AvgIpc) is 2.91. The normalized spacial score (nSPS) is 16.2. The predicted octanol–water partition coefficient (Wildman–Crippen LogP) is 3.55. The Morgan fingerprint density at radius 2 is 2.21 bits per heavy atom. The molecule has 0 saturated heterocycles. The van der Waals surface area contributed by atoms with Gasteiger partial charge in [-0.05, 0) is 42.7 Å². The number of hydrogen-bond donors (Lipinski definition) is 1. The third-order valence-corrected chi connectivity index (χ3v) is 5.36. The molecule has 2 aromatic rings. The van der Waals surface area contributed by atoms with E-state index >= 15 is 0 Å². The highest BCUT2D eigenvalue weighted by molar-refractivity contribution is 7.15. The zero-order valence-corrected chi connectivity index (χ0v) is 15.4. The van der Waals surface area contributed by atoms with Crippen LogP contribution in [-0.4, -0.2) is 43.4 Å². The first-order valence-electron chi connectivity index (χ1n) is 8.34. The Bertz CT molecular complexity index is 698. The molecule has 0 unspecified atom stereocenters. The van der Waals surface area contributed by atoms with E-state index in [-0.39, 0.29) is 12.5 Å². The summed E-state index contributed by atoms with van der Waals surface area (Å²) in [6.07, 6.45) is 0. The monoisotopic (exact) mass is 347 g/mol. The largest absolute Gasteiger partial charge is 0.493 e. The summed E-state index contributed by atoms with van der Waals surface area (Å²) in [5.41, 5.74) is 2.32. The van der Waals surface area contributed by atoms with Crippen molar-refractivity contribution in [3.8, 4) is 21.9 Å². The molecule has 5 heteroatoms. The van der Waals surface area contributed by atoms with Crippen molar-refractivity contribution >= 4 is 11.3 Å². The Morgan fingerprint density at radius 3 is 2.88 bits per heavy atom. The van der Waals surface area contributed by atoms with Gasteiger partial charge >= 0.3 is 0 Å². The number of hydrogen-bond acceptors (Lipinski definition) is 5. The van der Waals surface area contributed by atoms with Gasteiger partial charge in [-0.3, -0.25) is 4.90 Å². The minimum atomic E-state index is 0.210. The van der Waals surface area contributed by atoms with Crippen LogP contribution in [0.25, 0.3) is 10.4 Å². The van der Waals surface area contributed by atoms with Crippen LogP contribution in [0.3, 0.4) is 0 Å². The first kappa shape index (κ1) is 17.3. The van der Waals surface area contributed by atoms with Crippen LogP contribution in [0.1, 0.15) is 17.4 Å². The summed E-state index contributed by atoms with van der Waals surface area (Å²) in [5.74, 6) is 1.91. The summed E-state index contributed by atoms with van der Waals surface area (Å²) in [6.45, 7) is 7.57. The summed E-state index contributed by atoms with van der Waals surface area (Å²) in [4.78, 5) is 4.89. The molecule has 130 valence electrons. The number of benzene rings is 1. The third-order valence-electron chi connectivity index (χ3n) is 4.31. The lowest BCUT2D eigenvalue weighted by Crippen LogP contribution is -2.31. The van der Waals surface area contributed by atoms with Crippen molar-refractivity contribution in [2.24, 2.45) is 5.92 Å². The van der Waals surface area contributed by atoms with Crippen molar-refractivity contribution in [3.63, 3.8) is 0 Å². The van der Waals surface area contributed by atoms with Crippen molar-refractivity contribution in [3.05, 3.63) is 34.7 Å². The van der Waals surface area contributed by atoms with E-state index < -0.39 is 0 Å². The molecular weight excluding hydrogens is 322 g/mol. The van der Waals surface area contributed by atoms with E-state index in [0.29, 0.717) is 6.61 Å². The molecule has 0 aliphatic carbocycles. The molecule has 0 spiro atoms. The van der Waals surface area contributed by atoms with E-state index in [1.165, 1.54) is 15.3 Å². The first-order valence-corrected chi connectivity index (χ1v) is 9.16. The summed E-state index contributed by atoms with van der Waals surface area (Å²) in [5, 5.41) is 9.33. The third kappa shape index (κ3) is 3.74. The minimum Gasteiger partial charge on any atom is -0.493 e. The maximum absolute atomic E-state index is 9.33. The average molecular weight is 347 g/mol. The van der Waals surface area contributed by atoms with Crippen LogP contribution in [0.5, 0.6) is 11.5 Å². The van der Waals surface area contributed by atoms with Crippen molar-refractivity contribution in [1.82, 2.24) is 4.90 Å².